The molecule has 0 amide bonds. The first-order chi connectivity index (χ1) is 14.0. The van der Waals surface area contributed by atoms with Gasteiger partial charge in [-0.15, -0.1) is 10.2 Å². The van der Waals surface area contributed by atoms with Crippen molar-refractivity contribution in [3.05, 3.63) is 65.4 Å². The predicted octanol–water partition coefficient (Wildman–Crippen LogP) is 3.60. The lowest BCUT2D eigenvalue weighted by molar-refractivity contribution is 0.0513. The lowest BCUT2D eigenvalue weighted by Gasteiger charge is -2.12. The van der Waals surface area contributed by atoms with Crippen LogP contribution in [0.3, 0.4) is 0 Å². The topological polar surface area (TPSA) is 101 Å². The van der Waals surface area contributed by atoms with Crippen LogP contribution in [0, 0.1) is 6.92 Å². The van der Waals surface area contributed by atoms with Crippen LogP contribution in [0.2, 0.25) is 0 Å². The van der Waals surface area contributed by atoms with Crippen LogP contribution in [0.5, 0.6) is 11.6 Å². The molecular formula is C21H19N3O5. The molecule has 0 spiro atoms. The molecule has 0 unspecified atom stereocenters. The van der Waals surface area contributed by atoms with Gasteiger partial charge in [0.1, 0.15) is 11.3 Å². The molecule has 1 heterocycles. The number of hydrogen-bond acceptors (Lipinski definition) is 8. The predicted molar refractivity (Wildman–Crippen MR) is 104 cm³/mol. The Bertz CT molecular complexity index is 1030. The van der Waals surface area contributed by atoms with Crippen molar-refractivity contribution in [1.29, 1.82) is 0 Å². The Morgan fingerprint density at radius 2 is 1.69 bits per heavy atom. The Balaban J connectivity index is 2.07. The minimum Gasteiger partial charge on any atom is -0.465 e. The summed E-state index contributed by atoms with van der Waals surface area (Å²) in [6.07, 6.45) is 0. The maximum Gasteiger partial charge on any atom is 0.364 e. The number of esters is 2. The Kier molecular flexibility index (Phi) is 6.13. The second-order valence-corrected chi connectivity index (χ2v) is 5.97. The summed E-state index contributed by atoms with van der Waals surface area (Å²) >= 11 is 0. The summed E-state index contributed by atoms with van der Waals surface area (Å²) in [7, 11) is 1.27. The van der Waals surface area contributed by atoms with Crippen LogP contribution in [-0.4, -0.2) is 40.8 Å². The minimum atomic E-state index is -0.728. The van der Waals surface area contributed by atoms with Crippen LogP contribution in [-0.2, 0) is 9.47 Å². The van der Waals surface area contributed by atoms with Crippen LogP contribution >= 0.6 is 0 Å². The second-order valence-electron chi connectivity index (χ2n) is 5.97. The summed E-state index contributed by atoms with van der Waals surface area (Å²) in [6, 6.07) is 13.9. The van der Waals surface area contributed by atoms with Crippen LogP contribution < -0.4 is 4.74 Å². The smallest absolute Gasteiger partial charge is 0.364 e. The molecule has 0 aliphatic rings. The third-order valence-electron chi connectivity index (χ3n) is 3.93. The number of hydrogen-bond donors (Lipinski definition) is 0. The number of ether oxygens (including phenoxy) is 3. The number of carbonyl (C=O) groups excluding carboxylic acids is 2. The van der Waals surface area contributed by atoms with E-state index < -0.39 is 11.9 Å². The highest BCUT2D eigenvalue weighted by atomic mass is 16.5. The van der Waals surface area contributed by atoms with Gasteiger partial charge in [0.05, 0.1) is 13.7 Å². The first-order valence-corrected chi connectivity index (χ1v) is 8.87. The number of para-hydroxylation sites is 1. The van der Waals surface area contributed by atoms with E-state index in [0.717, 1.165) is 5.56 Å². The van der Waals surface area contributed by atoms with E-state index in [1.807, 2.05) is 31.2 Å². The van der Waals surface area contributed by atoms with E-state index in [4.69, 9.17) is 14.2 Å². The average molecular weight is 393 g/mol. The average Bonchev–Trinajstić information content (AvgIpc) is 2.74. The molecule has 2 aromatic carbocycles. The van der Waals surface area contributed by atoms with Gasteiger partial charge < -0.3 is 14.2 Å². The number of rotatable bonds is 6. The van der Waals surface area contributed by atoms with Gasteiger partial charge in [-0.2, -0.15) is 4.98 Å². The number of aromatic nitrogens is 3. The molecule has 148 valence electrons. The highest BCUT2D eigenvalue weighted by Gasteiger charge is 2.23. The van der Waals surface area contributed by atoms with E-state index in [2.05, 4.69) is 15.2 Å². The first kappa shape index (κ1) is 19.9. The molecule has 0 saturated heterocycles. The van der Waals surface area contributed by atoms with Crippen LogP contribution in [0.15, 0.2) is 48.5 Å². The Labute approximate surface area is 167 Å². The van der Waals surface area contributed by atoms with Crippen molar-refractivity contribution in [3.63, 3.8) is 0 Å². The van der Waals surface area contributed by atoms with Gasteiger partial charge in [-0.3, -0.25) is 0 Å². The maximum absolute atomic E-state index is 12.3. The Morgan fingerprint density at radius 3 is 2.38 bits per heavy atom. The maximum atomic E-state index is 12.3. The van der Waals surface area contributed by atoms with E-state index in [1.54, 1.807) is 31.2 Å². The normalized spacial score (nSPS) is 10.3. The first-order valence-electron chi connectivity index (χ1n) is 8.87. The number of methoxy groups -OCH3 is 1. The largest absolute Gasteiger partial charge is 0.465 e. The monoisotopic (exact) mass is 393 g/mol. The van der Waals surface area contributed by atoms with Gasteiger partial charge in [0.25, 0.3) is 5.88 Å². The Hall–Kier alpha value is -3.81. The zero-order chi connectivity index (χ0) is 20.8. The van der Waals surface area contributed by atoms with Crippen molar-refractivity contribution in [1.82, 2.24) is 15.2 Å². The molecule has 0 bridgehead atoms. The van der Waals surface area contributed by atoms with Gasteiger partial charge in [0.15, 0.2) is 5.82 Å². The second kappa shape index (κ2) is 8.92. The fraction of sp³-hybridized carbons (Fsp3) is 0.190. The van der Waals surface area contributed by atoms with Crippen molar-refractivity contribution in [2.45, 2.75) is 13.8 Å². The molecule has 8 nitrogen and oxygen atoms in total. The fourth-order valence-electron chi connectivity index (χ4n) is 2.47. The summed E-state index contributed by atoms with van der Waals surface area (Å²) in [4.78, 5) is 28.7. The van der Waals surface area contributed by atoms with Crippen molar-refractivity contribution >= 4 is 11.9 Å². The van der Waals surface area contributed by atoms with Crippen LogP contribution in [0.1, 0.15) is 33.3 Å². The summed E-state index contributed by atoms with van der Waals surface area (Å²) < 4.78 is 15.6. The van der Waals surface area contributed by atoms with Gasteiger partial charge in [0.2, 0.25) is 5.69 Å². The number of aryl methyl sites for hydroxylation is 1. The van der Waals surface area contributed by atoms with E-state index in [0.29, 0.717) is 5.56 Å². The molecule has 3 aromatic rings. The van der Waals surface area contributed by atoms with E-state index in [1.165, 1.54) is 7.11 Å². The third kappa shape index (κ3) is 4.55. The standard InChI is InChI=1S/C21H19N3O5/c1-4-28-21(26)17-19(29-16-8-6-5-7-15(16)20(25)27-3)22-18(24-23-17)14-11-9-13(2)10-12-14/h5-12H,4H2,1-3H3. The van der Waals surface area contributed by atoms with Gasteiger partial charge >= 0.3 is 11.9 Å². The molecule has 3 rings (SSSR count). The molecule has 0 atom stereocenters. The molecule has 29 heavy (non-hydrogen) atoms. The lowest BCUT2D eigenvalue weighted by Crippen LogP contribution is -2.13. The van der Waals surface area contributed by atoms with E-state index >= 15 is 0 Å². The molecule has 0 aliphatic heterocycles. The van der Waals surface area contributed by atoms with Gasteiger partial charge in [0, 0.05) is 5.56 Å². The van der Waals surface area contributed by atoms with Crippen LogP contribution in [0.4, 0.5) is 0 Å². The molecule has 0 aliphatic carbocycles. The molecule has 0 N–H and O–H groups in total. The number of nitrogens with zero attached hydrogens (tertiary/aromatic N) is 3. The highest BCUT2D eigenvalue weighted by molar-refractivity contribution is 5.93. The zero-order valence-electron chi connectivity index (χ0n) is 16.2. The molecule has 8 heteroatoms. The Morgan fingerprint density at radius 1 is 0.966 bits per heavy atom. The summed E-state index contributed by atoms with van der Waals surface area (Å²) in [5, 5.41) is 7.98. The molecule has 0 saturated carbocycles. The molecular weight excluding hydrogens is 374 g/mol. The van der Waals surface area contributed by atoms with Gasteiger partial charge in [-0.05, 0) is 26.0 Å². The molecule has 0 radical (unpaired) electrons. The van der Waals surface area contributed by atoms with E-state index in [-0.39, 0.29) is 35.3 Å². The number of carbonyl (C=O) groups is 2. The van der Waals surface area contributed by atoms with Crippen LogP contribution in [0.25, 0.3) is 11.4 Å². The van der Waals surface area contributed by atoms with Crippen molar-refractivity contribution in [2.75, 3.05) is 13.7 Å². The zero-order valence-corrected chi connectivity index (χ0v) is 16.2. The van der Waals surface area contributed by atoms with E-state index in [9.17, 15) is 9.59 Å². The summed E-state index contributed by atoms with van der Waals surface area (Å²) in [5.41, 5.74) is 1.76. The minimum absolute atomic E-state index is 0.120. The summed E-state index contributed by atoms with van der Waals surface area (Å²) in [6.45, 7) is 3.79. The van der Waals surface area contributed by atoms with Gasteiger partial charge in [-0.25, -0.2) is 9.59 Å². The van der Waals surface area contributed by atoms with Crippen molar-refractivity contribution in [2.24, 2.45) is 0 Å². The molecule has 1 aromatic heterocycles. The highest BCUT2D eigenvalue weighted by Crippen LogP contribution is 2.28. The quantitative estimate of drug-likeness (QED) is 0.586. The van der Waals surface area contributed by atoms with Crippen molar-refractivity contribution < 1.29 is 23.8 Å². The lowest BCUT2D eigenvalue weighted by atomic mass is 10.1. The van der Waals surface area contributed by atoms with Crippen molar-refractivity contribution in [3.8, 4) is 23.0 Å². The summed E-state index contributed by atoms with van der Waals surface area (Å²) in [5.74, 6) is -0.998. The number of benzene rings is 2. The SMILES string of the molecule is CCOC(=O)c1nnc(-c2ccc(C)cc2)nc1Oc1ccccc1C(=O)OC. The molecule has 0 fully saturated rings. The third-order valence-corrected chi connectivity index (χ3v) is 3.93. The fourth-order valence-corrected chi connectivity index (χ4v) is 2.47. The van der Waals surface area contributed by atoms with Gasteiger partial charge in [-0.1, -0.05) is 42.0 Å².